The number of nitriles is 1. The van der Waals surface area contributed by atoms with Crippen LogP contribution in [0.1, 0.15) is 48.8 Å². The van der Waals surface area contributed by atoms with Crippen molar-refractivity contribution < 1.29 is 0 Å². The highest BCUT2D eigenvalue weighted by molar-refractivity contribution is 5.40. The van der Waals surface area contributed by atoms with Crippen molar-refractivity contribution in [1.29, 1.82) is 5.26 Å². The maximum atomic E-state index is 9.03. The lowest BCUT2D eigenvalue weighted by Gasteiger charge is -2.27. The number of aryl methyl sites for hydroxylation is 1. The Balaban J connectivity index is 1.87. The van der Waals surface area contributed by atoms with Crippen LogP contribution in [0, 0.1) is 18.3 Å². The largest absolute Gasteiger partial charge is 0.314 e. The third kappa shape index (κ3) is 4.56. The average molecular weight is 285 g/mol. The van der Waals surface area contributed by atoms with Crippen LogP contribution >= 0.6 is 0 Å². The number of hydrogen-bond acceptors (Lipinski definition) is 3. The van der Waals surface area contributed by atoms with E-state index in [1.807, 2.05) is 13.0 Å². The van der Waals surface area contributed by atoms with Gasteiger partial charge in [-0.2, -0.15) is 5.26 Å². The molecule has 1 saturated heterocycles. The van der Waals surface area contributed by atoms with Crippen LogP contribution in [0.2, 0.25) is 0 Å². The number of nitrogens with zero attached hydrogens (tertiary/aromatic N) is 2. The molecule has 1 atom stereocenters. The van der Waals surface area contributed by atoms with Crippen molar-refractivity contribution in [1.82, 2.24) is 10.2 Å². The summed E-state index contributed by atoms with van der Waals surface area (Å²) in [6.07, 6.45) is 3.68. The molecule has 0 saturated carbocycles. The molecule has 0 radical (unpaired) electrons. The first-order chi connectivity index (χ1) is 10.2. The van der Waals surface area contributed by atoms with Gasteiger partial charge in [-0.25, -0.2) is 0 Å². The van der Waals surface area contributed by atoms with Crippen molar-refractivity contribution in [3.05, 3.63) is 34.9 Å². The summed E-state index contributed by atoms with van der Waals surface area (Å²) in [5.41, 5.74) is 3.30. The van der Waals surface area contributed by atoms with Crippen molar-refractivity contribution in [2.24, 2.45) is 0 Å². The first-order valence-electron chi connectivity index (χ1n) is 8.18. The highest BCUT2D eigenvalue weighted by Crippen LogP contribution is 2.26. The second-order valence-corrected chi connectivity index (χ2v) is 6.03. The molecule has 1 aliphatic heterocycles. The van der Waals surface area contributed by atoms with E-state index in [2.05, 4.69) is 35.3 Å². The van der Waals surface area contributed by atoms with Crippen molar-refractivity contribution in [3.8, 4) is 6.07 Å². The van der Waals surface area contributed by atoms with Crippen molar-refractivity contribution in [3.63, 3.8) is 0 Å². The van der Waals surface area contributed by atoms with Gasteiger partial charge in [-0.3, -0.25) is 0 Å². The third-order valence-electron chi connectivity index (χ3n) is 4.57. The Bertz CT molecular complexity index is 484. The van der Waals surface area contributed by atoms with Crippen LogP contribution in [0.3, 0.4) is 0 Å². The van der Waals surface area contributed by atoms with Crippen LogP contribution in [0.25, 0.3) is 0 Å². The van der Waals surface area contributed by atoms with E-state index in [0.29, 0.717) is 5.92 Å². The molecule has 1 N–H and O–H groups in total. The van der Waals surface area contributed by atoms with Crippen LogP contribution in [-0.2, 0) is 0 Å². The standard InChI is InChI=1S/C18H27N3/c1-3-16(5-4-10-21-11-8-20-9-12-21)17-6-7-18(14-19)15(2)13-17/h6-7,13,16,20H,3-5,8-12H2,1-2H3. The lowest BCUT2D eigenvalue weighted by Crippen LogP contribution is -2.43. The monoisotopic (exact) mass is 285 g/mol. The predicted octanol–water partition coefficient (Wildman–Crippen LogP) is 3.05. The average Bonchev–Trinajstić information content (AvgIpc) is 2.52. The van der Waals surface area contributed by atoms with Crippen LogP contribution in [-0.4, -0.2) is 37.6 Å². The second-order valence-electron chi connectivity index (χ2n) is 6.03. The maximum absolute atomic E-state index is 9.03. The lowest BCUT2D eigenvalue weighted by atomic mass is 9.90. The third-order valence-corrected chi connectivity index (χ3v) is 4.57. The van der Waals surface area contributed by atoms with Gasteiger partial charge in [0.25, 0.3) is 0 Å². The summed E-state index contributed by atoms with van der Waals surface area (Å²) in [6.45, 7) is 10.2. The summed E-state index contributed by atoms with van der Waals surface area (Å²) in [6, 6.07) is 8.58. The molecule has 1 unspecified atom stereocenters. The minimum atomic E-state index is 0.624. The van der Waals surface area contributed by atoms with Crippen LogP contribution in [0.4, 0.5) is 0 Å². The molecular formula is C18H27N3. The molecule has 1 aliphatic rings. The quantitative estimate of drug-likeness (QED) is 0.873. The topological polar surface area (TPSA) is 39.1 Å². The van der Waals surface area contributed by atoms with Crippen LogP contribution in [0.5, 0.6) is 0 Å². The van der Waals surface area contributed by atoms with Gasteiger partial charge in [0, 0.05) is 26.2 Å². The molecule has 21 heavy (non-hydrogen) atoms. The summed E-state index contributed by atoms with van der Waals surface area (Å²) in [7, 11) is 0. The number of nitrogens with one attached hydrogen (secondary N) is 1. The number of rotatable bonds is 6. The van der Waals surface area contributed by atoms with E-state index in [4.69, 9.17) is 5.26 Å². The predicted molar refractivity (Wildman–Crippen MR) is 87.5 cm³/mol. The van der Waals surface area contributed by atoms with Gasteiger partial charge >= 0.3 is 0 Å². The molecule has 0 bridgehead atoms. The molecule has 2 rings (SSSR count). The molecule has 1 heterocycles. The molecule has 0 spiro atoms. The minimum absolute atomic E-state index is 0.624. The Labute approximate surface area is 129 Å². The van der Waals surface area contributed by atoms with Gasteiger partial charge in [0.2, 0.25) is 0 Å². The van der Waals surface area contributed by atoms with E-state index in [0.717, 1.165) is 24.2 Å². The molecule has 0 aliphatic carbocycles. The molecular weight excluding hydrogens is 258 g/mol. The molecule has 0 aromatic heterocycles. The van der Waals surface area contributed by atoms with Gasteiger partial charge < -0.3 is 10.2 Å². The summed E-state index contributed by atoms with van der Waals surface area (Å²) in [4.78, 5) is 2.56. The Kier molecular flexibility index (Phi) is 6.22. The van der Waals surface area contributed by atoms with E-state index >= 15 is 0 Å². The van der Waals surface area contributed by atoms with Crippen LogP contribution in [0.15, 0.2) is 18.2 Å². The fraction of sp³-hybridized carbons (Fsp3) is 0.611. The zero-order chi connectivity index (χ0) is 15.1. The van der Waals surface area contributed by atoms with Gasteiger partial charge in [-0.05, 0) is 55.8 Å². The maximum Gasteiger partial charge on any atom is 0.0994 e. The molecule has 3 nitrogen and oxygen atoms in total. The molecule has 3 heteroatoms. The summed E-state index contributed by atoms with van der Waals surface area (Å²) in [5, 5.41) is 12.4. The van der Waals surface area contributed by atoms with Gasteiger partial charge in [0.05, 0.1) is 11.6 Å². The van der Waals surface area contributed by atoms with Gasteiger partial charge in [-0.15, -0.1) is 0 Å². The van der Waals surface area contributed by atoms with Crippen molar-refractivity contribution in [2.45, 2.75) is 39.0 Å². The molecule has 1 fully saturated rings. The Morgan fingerprint density at radius 3 is 2.71 bits per heavy atom. The zero-order valence-electron chi connectivity index (χ0n) is 13.4. The van der Waals surface area contributed by atoms with Crippen molar-refractivity contribution >= 4 is 0 Å². The minimum Gasteiger partial charge on any atom is -0.314 e. The zero-order valence-corrected chi connectivity index (χ0v) is 13.4. The first-order valence-corrected chi connectivity index (χ1v) is 8.18. The van der Waals surface area contributed by atoms with Gasteiger partial charge in [0.1, 0.15) is 0 Å². The fourth-order valence-corrected chi connectivity index (χ4v) is 3.17. The summed E-state index contributed by atoms with van der Waals surface area (Å²) in [5.74, 6) is 0.624. The molecule has 0 amide bonds. The highest BCUT2D eigenvalue weighted by Gasteiger charge is 2.13. The van der Waals surface area contributed by atoms with E-state index in [1.165, 1.54) is 44.5 Å². The van der Waals surface area contributed by atoms with Crippen molar-refractivity contribution in [2.75, 3.05) is 32.7 Å². The van der Waals surface area contributed by atoms with E-state index in [9.17, 15) is 0 Å². The molecule has 1 aromatic rings. The van der Waals surface area contributed by atoms with Crippen LogP contribution < -0.4 is 5.32 Å². The Hall–Kier alpha value is -1.37. The summed E-state index contributed by atoms with van der Waals surface area (Å²) < 4.78 is 0. The molecule has 114 valence electrons. The van der Waals surface area contributed by atoms with Gasteiger partial charge in [-0.1, -0.05) is 19.1 Å². The smallest absolute Gasteiger partial charge is 0.0994 e. The molecule has 1 aromatic carbocycles. The Morgan fingerprint density at radius 2 is 2.10 bits per heavy atom. The SMILES string of the molecule is CCC(CCCN1CCNCC1)c1ccc(C#N)c(C)c1. The highest BCUT2D eigenvalue weighted by atomic mass is 15.2. The first kappa shape index (κ1) is 16.0. The summed E-state index contributed by atoms with van der Waals surface area (Å²) >= 11 is 0. The van der Waals surface area contributed by atoms with E-state index < -0.39 is 0 Å². The van der Waals surface area contributed by atoms with E-state index in [-0.39, 0.29) is 0 Å². The van der Waals surface area contributed by atoms with Gasteiger partial charge in [0.15, 0.2) is 0 Å². The number of hydrogen-bond donors (Lipinski definition) is 1. The number of benzene rings is 1. The fourth-order valence-electron chi connectivity index (χ4n) is 3.17. The van der Waals surface area contributed by atoms with E-state index in [1.54, 1.807) is 0 Å². The number of piperazine rings is 1. The Morgan fingerprint density at radius 1 is 1.33 bits per heavy atom. The normalized spacial score (nSPS) is 17.4. The lowest BCUT2D eigenvalue weighted by molar-refractivity contribution is 0.234. The second kappa shape index (κ2) is 8.17.